The normalized spacial score (nSPS) is 23.6. The van der Waals surface area contributed by atoms with Crippen LogP contribution in [-0.2, 0) is 16.1 Å². The van der Waals surface area contributed by atoms with Crippen molar-refractivity contribution in [2.24, 2.45) is 0 Å². The number of carbonyl (C=O) groups excluding carboxylic acids is 1. The van der Waals surface area contributed by atoms with Crippen molar-refractivity contribution in [1.29, 1.82) is 0 Å². The smallest absolute Gasteiger partial charge is 0.252 e. The number of nitrogens with one attached hydrogen (secondary N) is 1. The highest BCUT2D eigenvalue weighted by Crippen LogP contribution is 2.21. The van der Waals surface area contributed by atoms with Gasteiger partial charge in [0.1, 0.15) is 0 Å². The van der Waals surface area contributed by atoms with E-state index in [1.165, 1.54) is 3.57 Å². The molecule has 80 valence electrons. The first-order chi connectivity index (χ1) is 7.18. The minimum Gasteiger partial charge on any atom is -0.359 e. The van der Waals surface area contributed by atoms with E-state index in [1.807, 2.05) is 31.2 Å². The molecule has 1 aromatic carbocycles. The van der Waals surface area contributed by atoms with Crippen LogP contribution >= 0.6 is 22.6 Å². The Kier molecular flexibility index (Phi) is 3.25. The molecule has 1 N–H and O–H groups in total. The van der Waals surface area contributed by atoms with Crippen molar-refractivity contribution in [2.45, 2.75) is 25.7 Å². The van der Waals surface area contributed by atoms with Gasteiger partial charge in [0.05, 0.1) is 6.10 Å². The molecule has 0 aliphatic carbocycles. The summed E-state index contributed by atoms with van der Waals surface area (Å²) in [5.41, 5.74) is 1.14. The summed E-state index contributed by atoms with van der Waals surface area (Å²) >= 11 is 2.26. The van der Waals surface area contributed by atoms with E-state index >= 15 is 0 Å². The van der Waals surface area contributed by atoms with Crippen LogP contribution in [0.2, 0.25) is 0 Å². The monoisotopic (exact) mass is 317 g/mol. The molecule has 1 aromatic rings. The second-order valence-corrected chi connectivity index (χ2v) is 4.73. The molecular formula is C11H12INO2. The van der Waals surface area contributed by atoms with Crippen LogP contribution in [0.25, 0.3) is 0 Å². The average molecular weight is 317 g/mol. The van der Waals surface area contributed by atoms with Gasteiger partial charge in [-0.3, -0.25) is 4.79 Å². The first-order valence-electron chi connectivity index (χ1n) is 4.85. The van der Waals surface area contributed by atoms with Crippen LogP contribution in [0.1, 0.15) is 12.5 Å². The Morgan fingerprint density at radius 1 is 1.53 bits per heavy atom. The van der Waals surface area contributed by atoms with E-state index in [1.54, 1.807) is 0 Å². The van der Waals surface area contributed by atoms with Crippen LogP contribution in [0.4, 0.5) is 0 Å². The summed E-state index contributed by atoms with van der Waals surface area (Å²) in [6.07, 6.45) is -0.147. The second kappa shape index (κ2) is 4.49. The van der Waals surface area contributed by atoms with Crippen molar-refractivity contribution in [2.75, 3.05) is 0 Å². The zero-order valence-corrected chi connectivity index (χ0v) is 10.5. The predicted octanol–water partition coefficient (Wildman–Crippen LogP) is 1.69. The molecule has 1 heterocycles. The first kappa shape index (κ1) is 10.9. The lowest BCUT2D eigenvalue weighted by atomic mass is 10.2. The highest BCUT2D eigenvalue weighted by atomic mass is 127. The van der Waals surface area contributed by atoms with E-state index in [0.717, 1.165) is 5.56 Å². The number of hydrogen-bond donors (Lipinski definition) is 1. The standard InChI is InChI=1S/C11H12INO2/c1-7-10(15-7)11(14)13-6-8-4-2-3-5-9(8)12/h2-5,7,10H,6H2,1H3,(H,13,14)/t7-,10+/m0/s1. The van der Waals surface area contributed by atoms with Gasteiger partial charge in [-0.2, -0.15) is 0 Å². The predicted molar refractivity (Wildman–Crippen MR) is 65.3 cm³/mol. The summed E-state index contributed by atoms with van der Waals surface area (Å²) < 4.78 is 6.25. The van der Waals surface area contributed by atoms with E-state index in [4.69, 9.17) is 4.74 Å². The molecule has 4 heteroatoms. The van der Waals surface area contributed by atoms with Gasteiger partial charge in [0.25, 0.3) is 5.91 Å². The maximum Gasteiger partial charge on any atom is 0.252 e. The van der Waals surface area contributed by atoms with Crippen LogP contribution in [0.5, 0.6) is 0 Å². The van der Waals surface area contributed by atoms with Crippen molar-refractivity contribution in [3.63, 3.8) is 0 Å². The van der Waals surface area contributed by atoms with Crippen molar-refractivity contribution in [1.82, 2.24) is 5.32 Å². The summed E-state index contributed by atoms with van der Waals surface area (Å²) in [7, 11) is 0. The lowest BCUT2D eigenvalue weighted by Gasteiger charge is -2.05. The van der Waals surface area contributed by atoms with Gasteiger partial charge in [0, 0.05) is 10.1 Å². The van der Waals surface area contributed by atoms with Gasteiger partial charge in [-0.05, 0) is 41.1 Å². The summed E-state index contributed by atoms with van der Waals surface area (Å²) in [5.74, 6) is -0.0119. The Balaban J connectivity index is 1.88. The molecule has 0 unspecified atom stereocenters. The topological polar surface area (TPSA) is 41.6 Å². The van der Waals surface area contributed by atoms with Gasteiger partial charge < -0.3 is 10.1 Å². The molecule has 0 aromatic heterocycles. The average Bonchev–Trinajstić information content (AvgIpc) is 2.94. The molecule has 2 rings (SSSR count). The fraction of sp³-hybridized carbons (Fsp3) is 0.364. The molecule has 0 spiro atoms. The van der Waals surface area contributed by atoms with Crippen molar-refractivity contribution < 1.29 is 9.53 Å². The number of carbonyl (C=O) groups is 1. The molecule has 3 nitrogen and oxygen atoms in total. The lowest BCUT2D eigenvalue weighted by Crippen LogP contribution is -2.28. The maximum absolute atomic E-state index is 11.5. The lowest BCUT2D eigenvalue weighted by molar-refractivity contribution is -0.122. The number of ether oxygens (including phenoxy) is 1. The number of amides is 1. The minimum atomic E-state index is -0.230. The third-order valence-corrected chi connectivity index (χ3v) is 3.43. The van der Waals surface area contributed by atoms with E-state index in [2.05, 4.69) is 27.9 Å². The largest absolute Gasteiger partial charge is 0.359 e. The summed E-state index contributed by atoms with van der Waals surface area (Å²) in [6.45, 7) is 2.47. The Bertz CT molecular complexity index is 381. The number of epoxide rings is 1. The molecule has 0 saturated carbocycles. The minimum absolute atomic E-state index is 0.0119. The summed E-state index contributed by atoms with van der Waals surface area (Å²) in [6, 6.07) is 8.00. The molecule has 0 radical (unpaired) electrons. The van der Waals surface area contributed by atoms with E-state index in [-0.39, 0.29) is 18.1 Å². The highest BCUT2D eigenvalue weighted by molar-refractivity contribution is 14.1. The third-order valence-electron chi connectivity index (χ3n) is 2.38. The van der Waals surface area contributed by atoms with E-state index in [0.29, 0.717) is 6.54 Å². The van der Waals surface area contributed by atoms with Crippen LogP contribution in [-0.4, -0.2) is 18.1 Å². The fourth-order valence-electron chi connectivity index (χ4n) is 1.39. The number of hydrogen-bond acceptors (Lipinski definition) is 2. The van der Waals surface area contributed by atoms with Crippen molar-refractivity contribution >= 4 is 28.5 Å². The fourth-order valence-corrected chi connectivity index (χ4v) is 1.96. The second-order valence-electron chi connectivity index (χ2n) is 3.57. The zero-order chi connectivity index (χ0) is 10.8. The number of benzene rings is 1. The maximum atomic E-state index is 11.5. The first-order valence-corrected chi connectivity index (χ1v) is 5.93. The van der Waals surface area contributed by atoms with Gasteiger partial charge in [0.15, 0.2) is 6.10 Å². The molecular weight excluding hydrogens is 305 g/mol. The molecule has 1 fully saturated rings. The summed E-state index contributed by atoms with van der Waals surface area (Å²) in [4.78, 5) is 11.5. The molecule has 1 aliphatic heterocycles. The van der Waals surface area contributed by atoms with Gasteiger partial charge in [-0.1, -0.05) is 18.2 Å². The SMILES string of the molecule is C[C@@H]1O[C@H]1C(=O)NCc1ccccc1I. The Labute approximate surface area is 102 Å². The Morgan fingerprint density at radius 2 is 2.20 bits per heavy atom. The van der Waals surface area contributed by atoms with Crippen LogP contribution in [0.15, 0.2) is 24.3 Å². The zero-order valence-electron chi connectivity index (χ0n) is 8.37. The van der Waals surface area contributed by atoms with Crippen LogP contribution in [0.3, 0.4) is 0 Å². The third kappa shape index (κ3) is 2.69. The number of rotatable bonds is 3. The van der Waals surface area contributed by atoms with Crippen molar-refractivity contribution in [3.05, 3.63) is 33.4 Å². The van der Waals surface area contributed by atoms with Gasteiger partial charge in [-0.25, -0.2) is 0 Å². The van der Waals surface area contributed by atoms with E-state index in [9.17, 15) is 4.79 Å². The quantitative estimate of drug-likeness (QED) is 0.681. The van der Waals surface area contributed by atoms with Crippen molar-refractivity contribution in [3.8, 4) is 0 Å². The summed E-state index contributed by atoms with van der Waals surface area (Å²) in [5, 5.41) is 2.86. The van der Waals surface area contributed by atoms with E-state index < -0.39 is 0 Å². The Morgan fingerprint density at radius 3 is 2.80 bits per heavy atom. The molecule has 15 heavy (non-hydrogen) atoms. The molecule has 1 amide bonds. The molecule has 1 aliphatic rings. The van der Waals surface area contributed by atoms with Crippen LogP contribution in [0, 0.1) is 3.57 Å². The molecule has 0 bridgehead atoms. The Hall–Kier alpha value is -0.620. The molecule has 2 atom stereocenters. The van der Waals surface area contributed by atoms with Gasteiger partial charge in [-0.15, -0.1) is 0 Å². The molecule has 1 saturated heterocycles. The van der Waals surface area contributed by atoms with Crippen LogP contribution < -0.4 is 5.32 Å². The van der Waals surface area contributed by atoms with Gasteiger partial charge in [0.2, 0.25) is 0 Å². The van der Waals surface area contributed by atoms with Gasteiger partial charge >= 0.3 is 0 Å². The highest BCUT2D eigenvalue weighted by Gasteiger charge is 2.40. The number of halogens is 1.